The van der Waals surface area contributed by atoms with E-state index in [0.29, 0.717) is 11.5 Å². The summed E-state index contributed by atoms with van der Waals surface area (Å²) in [6.07, 6.45) is 10.5. The normalized spacial score (nSPS) is 11.5. The lowest BCUT2D eigenvalue weighted by molar-refractivity contribution is 1.09. The van der Waals surface area contributed by atoms with Crippen molar-refractivity contribution in [1.29, 1.82) is 0 Å². The van der Waals surface area contributed by atoms with E-state index in [9.17, 15) is 0 Å². The SMILES string of the molecule is Cc1ccc(-c2cncc3[nH]c(-c4[nH]nc5ncc(-c6cncnc6)cc45)nc23)s1. The van der Waals surface area contributed by atoms with E-state index >= 15 is 0 Å². The molecule has 0 saturated carbocycles. The van der Waals surface area contributed by atoms with Crippen LogP contribution >= 0.6 is 11.3 Å². The van der Waals surface area contributed by atoms with Crippen LogP contribution in [0, 0.1) is 6.92 Å². The van der Waals surface area contributed by atoms with Crippen molar-refractivity contribution in [3.05, 3.63) is 60.4 Å². The number of hydrogen-bond acceptors (Lipinski definition) is 7. The quantitative estimate of drug-likeness (QED) is 0.448. The number of aryl methyl sites for hydroxylation is 1. The maximum atomic E-state index is 4.88. The van der Waals surface area contributed by atoms with Crippen molar-refractivity contribution < 1.29 is 0 Å². The van der Waals surface area contributed by atoms with Crippen LogP contribution in [0.2, 0.25) is 0 Å². The molecule has 0 unspecified atom stereocenters. The number of imidazole rings is 1. The molecule has 0 aliphatic carbocycles. The first-order valence-corrected chi connectivity index (χ1v) is 10.1. The Hall–Kier alpha value is -3.98. The van der Waals surface area contributed by atoms with Gasteiger partial charge >= 0.3 is 0 Å². The zero-order valence-corrected chi connectivity index (χ0v) is 16.6. The van der Waals surface area contributed by atoms with Crippen molar-refractivity contribution in [2.75, 3.05) is 0 Å². The Morgan fingerprint density at radius 3 is 2.67 bits per heavy atom. The summed E-state index contributed by atoms with van der Waals surface area (Å²) < 4.78 is 0. The molecule has 0 saturated heterocycles. The molecule has 9 heteroatoms. The average molecular weight is 410 g/mol. The zero-order valence-electron chi connectivity index (χ0n) is 15.8. The van der Waals surface area contributed by atoms with Crippen molar-refractivity contribution in [3.63, 3.8) is 0 Å². The summed E-state index contributed by atoms with van der Waals surface area (Å²) in [5.74, 6) is 0.693. The highest BCUT2D eigenvalue weighted by molar-refractivity contribution is 7.15. The molecule has 0 aliphatic rings. The topological polar surface area (TPSA) is 109 Å². The predicted octanol–water partition coefficient (Wildman–Crippen LogP) is 4.39. The van der Waals surface area contributed by atoms with Crippen LogP contribution < -0.4 is 0 Å². The Balaban J connectivity index is 1.52. The molecule has 6 aromatic rings. The van der Waals surface area contributed by atoms with Crippen LogP contribution in [0.15, 0.2) is 55.5 Å². The number of pyridine rings is 2. The number of aromatic nitrogens is 8. The third kappa shape index (κ3) is 2.67. The van der Waals surface area contributed by atoms with Gasteiger partial charge in [-0.1, -0.05) is 0 Å². The Morgan fingerprint density at radius 2 is 1.83 bits per heavy atom. The molecule has 2 N–H and O–H groups in total. The monoisotopic (exact) mass is 410 g/mol. The number of nitrogens with zero attached hydrogens (tertiary/aromatic N) is 6. The van der Waals surface area contributed by atoms with Gasteiger partial charge in [0.1, 0.15) is 17.5 Å². The minimum Gasteiger partial charge on any atom is -0.335 e. The Morgan fingerprint density at radius 1 is 0.933 bits per heavy atom. The second kappa shape index (κ2) is 6.53. The molecule has 0 aliphatic heterocycles. The predicted molar refractivity (Wildman–Crippen MR) is 116 cm³/mol. The number of aromatic amines is 2. The first-order chi connectivity index (χ1) is 14.8. The summed E-state index contributed by atoms with van der Waals surface area (Å²) in [5, 5.41) is 8.29. The molecule has 6 heterocycles. The van der Waals surface area contributed by atoms with E-state index in [-0.39, 0.29) is 0 Å². The van der Waals surface area contributed by atoms with Crippen LogP contribution in [-0.4, -0.2) is 40.1 Å². The first-order valence-electron chi connectivity index (χ1n) is 9.27. The summed E-state index contributed by atoms with van der Waals surface area (Å²) in [7, 11) is 0. The molecule has 6 aromatic heterocycles. The van der Waals surface area contributed by atoms with Gasteiger partial charge in [-0.15, -0.1) is 11.3 Å². The van der Waals surface area contributed by atoms with Gasteiger partial charge in [-0.3, -0.25) is 10.1 Å². The van der Waals surface area contributed by atoms with Crippen molar-refractivity contribution in [2.24, 2.45) is 0 Å². The molecule has 8 nitrogen and oxygen atoms in total. The Labute approximate surface area is 174 Å². The van der Waals surface area contributed by atoms with Crippen LogP contribution in [0.4, 0.5) is 0 Å². The fourth-order valence-electron chi connectivity index (χ4n) is 3.50. The summed E-state index contributed by atoms with van der Waals surface area (Å²) in [6, 6.07) is 6.23. The van der Waals surface area contributed by atoms with Gasteiger partial charge in [-0.2, -0.15) is 5.10 Å². The number of rotatable bonds is 3. The largest absolute Gasteiger partial charge is 0.335 e. The van der Waals surface area contributed by atoms with E-state index in [1.54, 1.807) is 36.1 Å². The van der Waals surface area contributed by atoms with Gasteiger partial charge < -0.3 is 4.98 Å². The number of H-pyrrole nitrogens is 2. The Bertz CT molecular complexity index is 1510. The molecule has 0 atom stereocenters. The second-order valence-corrected chi connectivity index (χ2v) is 8.19. The number of fused-ring (bicyclic) bond motifs is 2. The van der Waals surface area contributed by atoms with Crippen LogP contribution in [-0.2, 0) is 0 Å². The smallest absolute Gasteiger partial charge is 0.181 e. The van der Waals surface area contributed by atoms with Crippen molar-refractivity contribution in [1.82, 2.24) is 40.1 Å². The molecule has 0 spiro atoms. The molecular formula is C21H14N8S. The van der Waals surface area contributed by atoms with Crippen LogP contribution in [0.3, 0.4) is 0 Å². The summed E-state index contributed by atoms with van der Waals surface area (Å²) in [6.45, 7) is 2.09. The maximum Gasteiger partial charge on any atom is 0.181 e. The molecular weight excluding hydrogens is 396 g/mol. The van der Waals surface area contributed by atoms with Gasteiger partial charge in [0.15, 0.2) is 11.5 Å². The zero-order chi connectivity index (χ0) is 20.1. The average Bonchev–Trinajstić information content (AvgIpc) is 3.51. The molecule has 0 bridgehead atoms. The van der Waals surface area contributed by atoms with Gasteiger partial charge in [-0.25, -0.2) is 19.9 Å². The van der Waals surface area contributed by atoms with E-state index in [1.807, 2.05) is 12.3 Å². The standard InChI is InChI=1S/C21H14N8S/c1-11-2-3-17(30-11)15-8-22-9-16-18(15)27-21(26-16)19-14-4-12(7-25-20(14)29-28-19)13-5-23-10-24-6-13/h2-10H,1H3,(H,26,27)(H,25,28,29). The van der Waals surface area contributed by atoms with E-state index < -0.39 is 0 Å². The fraction of sp³-hybridized carbons (Fsp3) is 0.0476. The molecule has 6 rings (SSSR count). The third-order valence-electron chi connectivity index (χ3n) is 4.94. The number of hydrogen-bond donors (Lipinski definition) is 2. The highest BCUT2D eigenvalue weighted by Gasteiger charge is 2.16. The minimum absolute atomic E-state index is 0.623. The highest BCUT2D eigenvalue weighted by atomic mass is 32.1. The van der Waals surface area contributed by atoms with E-state index in [2.05, 4.69) is 54.2 Å². The summed E-state index contributed by atoms with van der Waals surface area (Å²) >= 11 is 1.73. The third-order valence-corrected chi connectivity index (χ3v) is 5.97. The molecule has 0 radical (unpaired) electrons. The minimum atomic E-state index is 0.623. The second-order valence-electron chi connectivity index (χ2n) is 6.90. The van der Waals surface area contributed by atoms with Gasteiger partial charge in [0, 0.05) is 51.2 Å². The first kappa shape index (κ1) is 16.9. The van der Waals surface area contributed by atoms with Gasteiger partial charge in [0.2, 0.25) is 0 Å². The van der Waals surface area contributed by atoms with E-state index in [1.165, 1.54) is 11.2 Å². The van der Waals surface area contributed by atoms with Gasteiger partial charge in [-0.05, 0) is 25.1 Å². The summed E-state index contributed by atoms with van der Waals surface area (Å²) in [5.41, 5.74) is 5.97. The van der Waals surface area contributed by atoms with Crippen LogP contribution in [0.5, 0.6) is 0 Å². The van der Waals surface area contributed by atoms with E-state index in [4.69, 9.17) is 4.98 Å². The number of thiophene rings is 1. The molecule has 30 heavy (non-hydrogen) atoms. The van der Waals surface area contributed by atoms with Gasteiger partial charge in [0.25, 0.3) is 0 Å². The molecule has 0 amide bonds. The van der Waals surface area contributed by atoms with Crippen molar-refractivity contribution >= 4 is 33.4 Å². The lowest BCUT2D eigenvalue weighted by Gasteiger charge is -2.00. The lowest BCUT2D eigenvalue weighted by Crippen LogP contribution is -1.85. The highest BCUT2D eigenvalue weighted by Crippen LogP contribution is 2.34. The summed E-state index contributed by atoms with van der Waals surface area (Å²) in [4.78, 5) is 27.7. The van der Waals surface area contributed by atoms with Gasteiger partial charge in [0.05, 0.1) is 17.1 Å². The fourth-order valence-corrected chi connectivity index (χ4v) is 4.38. The Kier molecular flexibility index (Phi) is 3.68. The van der Waals surface area contributed by atoms with Crippen molar-refractivity contribution in [3.8, 4) is 33.1 Å². The number of nitrogens with one attached hydrogen (secondary N) is 2. The maximum absolute atomic E-state index is 4.88. The van der Waals surface area contributed by atoms with E-state index in [0.717, 1.165) is 43.7 Å². The van der Waals surface area contributed by atoms with Crippen molar-refractivity contribution in [2.45, 2.75) is 6.92 Å². The molecule has 0 fully saturated rings. The molecule has 0 aromatic carbocycles. The van der Waals surface area contributed by atoms with Crippen LogP contribution in [0.1, 0.15) is 4.88 Å². The van der Waals surface area contributed by atoms with Crippen LogP contribution in [0.25, 0.3) is 55.2 Å². The molecule has 144 valence electrons. The lowest BCUT2D eigenvalue weighted by atomic mass is 10.1.